The van der Waals surface area contributed by atoms with Crippen LogP contribution in [0.4, 0.5) is 4.79 Å². The third kappa shape index (κ3) is 3.06. The summed E-state index contributed by atoms with van der Waals surface area (Å²) < 4.78 is 4.63. The second-order valence-corrected chi connectivity index (χ2v) is 5.90. The highest BCUT2D eigenvalue weighted by molar-refractivity contribution is 6.07. The van der Waals surface area contributed by atoms with Gasteiger partial charge in [0.1, 0.15) is 5.54 Å². The van der Waals surface area contributed by atoms with Crippen LogP contribution in [0.3, 0.4) is 0 Å². The molecule has 7 heteroatoms. The fourth-order valence-corrected chi connectivity index (χ4v) is 2.64. The summed E-state index contributed by atoms with van der Waals surface area (Å²) in [4.78, 5) is 36.3. The van der Waals surface area contributed by atoms with E-state index >= 15 is 0 Å². The molecule has 0 bridgehead atoms. The smallest absolute Gasteiger partial charge is 0.346 e. The zero-order valence-corrected chi connectivity index (χ0v) is 14.3. The van der Waals surface area contributed by atoms with Gasteiger partial charge in [0.15, 0.2) is 0 Å². The van der Waals surface area contributed by atoms with Crippen molar-refractivity contribution >= 4 is 24.1 Å². The van der Waals surface area contributed by atoms with Crippen LogP contribution >= 0.6 is 0 Å². The first kappa shape index (κ1) is 17.3. The van der Waals surface area contributed by atoms with E-state index in [1.165, 1.54) is 13.3 Å². The lowest BCUT2D eigenvalue weighted by Gasteiger charge is -2.20. The lowest BCUT2D eigenvalue weighted by atomic mass is 9.92. The van der Waals surface area contributed by atoms with E-state index in [2.05, 4.69) is 15.2 Å². The van der Waals surface area contributed by atoms with Gasteiger partial charge in [-0.3, -0.25) is 4.79 Å². The van der Waals surface area contributed by atoms with Crippen LogP contribution in [0.25, 0.3) is 0 Å². The Bertz CT molecular complexity index is 877. The van der Waals surface area contributed by atoms with Crippen molar-refractivity contribution in [2.24, 2.45) is 5.10 Å². The molecular formula is C19H17N3O4. The van der Waals surface area contributed by atoms with E-state index in [4.69, 9.17) is 0 Å². The predicted molar refractivity (Wildman–Crippen MR) is 94.5 cm³/mol. The first-order valence-corrected chi connectivity index (χ1v) is 7.90. The van der Waals surface area contributed by atoms with Crippen molar-refractivity contribution in [3.05, 3.63) is 71.3 Å². The fourth-order valence-electron chi connectivity index (χ4n) is 2.64. The first-order chi connectivity index (χ1) is 12.5. The standard InChI is InChI=1S/C19H17N3O4/c1-19(15-6-4-3-5-7-15)17(24)22(18(25)21-19)20-12-13-8-10-14(11-9-13)16(23)26-2/h3-12H,1-2H3,(H,21,25)/b20-12-/t19-/m1/s1. The van der Waals surface area contributed by atoms with Crippen LogP contribution in [-0.4, -0.2) is 36.2 Å². The molecule has 1 aliphatic rings. The second-order valence-electron chi connectivity index (χ2n) is 5.90. The van der Waals surface area contributed by atoms with E-state index < -0.39 is 23.4 Å². The Hall–Kier alpha value is -3.48. The van der Waals surface area contributed by atoms with Gasteiger partial charge in [0.25, 0.3) is 5.91 Å². The van der Waals surface area contributed by atoms with Gasteiger partial charge in [0, 0.05) is 0 Å². The highest BCUT2D eigenvalue weighted by Gasteiger charge is 2.49. The third-order valence-corrected chi connectivity index (χ3v) is 4.17. The molecule has 0 saturated carbocycles. The summed E-state index contributed by atoms with van der Waals surface area (Å²) in [5.74, 6) is -0.905. The maximum Gasteiger partial charge on any atom is 0.346 e. The molecule has 7 nitrogen and oxygen atoms in total. The molecule has 1 fully saturated rings. The first-order valence-electron chi connectivity index (χ1n) is 7.90. The largest absolute Gasteiger partial charge is 0.465 e. The summed E-state index contributed by atoms with van der Waals surface area (Å²) >= 11 is 0. The summed E-state index contributed by atoms with van der Waals surface area (Å²) in [7, 11) is 1.30. The lowest BCUT2D eigenvalue weighted by Crippen LogP contribution is -2.40. The minimum absolute atomic E-state index is 0.399. The van der Waals surface area contributed by atoms with Crippen molar-refractivity contribution in [3.63, 3.8) is 0 Å². The SMILES string of the molecule is COC(=O)c1ccc(/C=N\N2C(=O)N[C@](C)(c3ccccc3)C2=O)cc1. The van der Waals surface area contributed by atoms with Gasteiger partial charge in [-0.05, 0) is 30.2 Å². The molecule has 1 aliphatic heterocycles. The average Bonchev–Trinajstić information content (AvgIpc) is 2.90. The molecule has 2 aromatic carbocycles. The van der Waals surface area contributed by atoms with Gasteiger partial charge in [-0.2, -0.15) is 5.10 Å². The number of carbonyl (C=O) groups is 3. The molecule has 3 rings (SSSR count). The Morgan fingerprint density at radius 1 is 1.12 bits per heavy atom. The number of urea groups is 1. The fraction of sp³-hybridized carbons (Fsp3) is 0.158. The highest BCUT2D eigenvalue weighted by atomic mass is 16.5. The van der Waals surface area contributed by atoms with Crippen LogP contribution in [0, 0.1) is 0 Å². The zero-order valence-electron chi connectivity index (χ0n) is 14.3. The number of benzene rings is 2. The van der Waals surface area contributed by atoms with Gasteiger partial charge in [-0.15, -0.1) is 5.01 Å². The monoisotopic (exact) mass is 351 g/mol. The zero-order chi connectivity index (χ0) is 18.7. The Balaban J connectivity index is 1.80. The van der Waals surface area contributed by atoms with Gasteiger partial charge >= 0.3 is 12.0 Å². The van der Waals surface area contributed by atoms with E-state index in [9.17, 15) is 14.4 Å². The molecule has 1 N–H and O–H groups in total. The average molecular weight is 351 g/mol. The number of hydrazone groups is 1. The molecule has 0 radical (unpaired) electrons. The molecule has 3 amide bonds. The Kier molecular flexibility index (Phi) is 4.53. The normalized spacial score (nSPS) is 19.7. The number of amides is 3. The number of carbonyl (C=O) groups excluding carboxylic acids is 3. The van der Waals surface area contributed by atoms with Crippen LogP contribution in [-0.2, 0) is 15.1 Å². The van der Waals surface area contributed by atoms with Gasteiger partial charge < -0.3 is 10.1 Å². The van der Waals surface area contributed by atoms with Gasteiger partial charge in [0.2, 0.25) is 0 Å². The van der Waals surface area contributed by atoms with E-state index in [0.717, 1.165) is 5.01 Å². The molecule has 0 aromatic heterocycles. The number of esters is 1. The van der Waals surface area contributed by atoms with Crippen LogP contribution < -0.4 is 5.32 Å². The molecule has 1 atom stereocenters. The minimum atomic E-state index is -1.16. The molecule has 26 heavy (non-hydrogen) atoms. The highest BCUT2D eigenvalue weighted by Crippen LogP contribution is 2.28. The molecule has 1 heterocycles. The number of rotatable bonds is 4. The van der Waals surface area contributed by atoms with Gasteiger partial charge in [0.05, 0.1) is 18.9 Å². The van der Waals surface area contributed by atoms with Crippen LogP contribution in [0.15, 0.2) is 59.7 Å². The summed E-state index contributed by atoms with van der Waals surface area (Å²) in [5.41, 5.74) is 0.547. The van der Waals surface area contributed by atoms with Crippen molar-refractivity contribution in [1.82, 2.24) is 10.3 Å². The van der Waals surface area contributed by atoms with Gasteiger partial charge in [-0.25, -0.2) is 9.59 Å². The van der Waals surface area contributed by atoms with Crippen molar-refractivity contribution in [2.45, 2.75) is 12.5 Å². The van der Waals surface area contributed by atoms with E-state index in [0.29, 0.717) is 16.7 Å². The molecular weight excluding hydrogens is 334 g/mol. The maximum atomic E-state index is 12.7. The number of imide groups is 1. The molecule has 0 aliphatic carbocycles. The van der Waals surface area contributed by atoms with Crippen LogP contribution in [0.1, 0.15) is 28.4 Å². The van der Waals surface area contributed by atoms with E-state index in [-0.39, 0.29) is 0 Å². The van der Waals surface area contributed by atoms with Crippen molar-refractivity contribution in [3.8, 4) is 0 Å². The molecule has 0 unspecified atom stereocenters. The quantitative estimate of drug-likeness (QED) is 0.520. The lowest BCUT2D eigenvalue weighted by molar-refractivity contribution is -0.131. The Morgan fingerprint density at radius 3 is 2.38 bits per heavy atom. The van der Waals surface area contributed by atoms with E-state index in [1.54, 1.807) is 55.5 Å². The van der Waals surface area contributed by atoms with Gasteiger partial charge in [-0.1, -0.05) is 42.5 Å². The summed E-state index contributed by atoms with van der Waals surface area (Å²) in [6.07, 6.45) is 1.38. The number of hydrogen-bond acceptors (Lipinski definition) is 5. The van der Waals surface area contributed by atoms with Crippen molar-refractivity contribution in [1.29, 1.82) is 0 Å². The topological polar surface area (TPSA) is 88.1 Å². The molecule has 132 valence electrons. The number of nitrogens with one attached hydrogen (secondary N) is 1. The minimum Gasteiger partial charge on any atom is -0.465 e. The van der Waals surface area contributed by atoms with Crippen molar-refractivity contribution < 1.29 is 19.1 Å². The molecule has 1 saturated heterocycles. The van der Waals surface area contributed by atoms with E-state index in [1.807, 2.05) is 6.07 Å². The summed E-state index contributed by atoms with van der Waals surface area (Å²) in [6.45, 7) is 1.64. The third-order valence-electron chi connectivity index (χ3n) is 4.17. The molecule has 2 aromatic rings. The summed E-state index contributed by atoms with van der Waals surface area (Å²) in [6, 6.07) is 14.8. The molecule has 0 spiro atoms. The van der Waals surface area contributed by atoms with Crippen molar-refractivity contribution in [2.75, 3.05) is 7.11 Å². The number of hydrogen-bond donors (Lipinski definition) is 1. The number of ether oxygens (including phenoxy) is 1. The Labute approximate surface area is 150 Å². The number of methoxy groups -OCH3 is 1. The van der Waals surface area contributed by atoms with Crippen LogP contribution in [0.2, 0.25) is 0 Å². The van der Waals surface area contributed by atoms with Crippen LogP contribution in [0.5, 0.6) is 0 Å². The predicted octanol–water partition coefficient (Wildman–Crippen LogP) is 2.27. The number of nitrogens with zero attached hydrogens (tertiary/aromatic N) is 2. The maximum absolute atomic E-state index is 12.7. The Morgan fingerprint density at radius 2 is 1.77 bits per heavy atom. The second kappa shape index (κ2) is 6.79. The summed E-state index contributed by atoms with van der Waals surface area (Å²) in [5, 5.41) is 7.49.